The zero-order valence-corrected chi connectivity index (χ0v) is 15.3. The second kappa shape index (κ2) is 7.08. The number of carbonyl (C=O) groups excluding carboxylic acids is 1. The average molecular weight is 343 g/mol. The van der Waals surface area contributed by atoms with Crippen molar-refractivity contribution in [2.75, 3.05) is 44.0 Å². The molecule has 0 N–H and O–H groups in total. The van der Waals surface area contributed by atoms with Crippen molar-refractivity contribution >= 4 is 17.7 Å². The van der Waals surface area contributed by atoms with Gasteiger partial charge in [0.25, 0.3) is 5.91 Å². The van der Waals surface area contributed by atoms with Gasteiger partial charge in [-0.2, -0.15) is 10.1 Å². The number of aryl methyl sites for hydroxylation is 1. The number of hydrogen-bond donors (Lipinski definition) is 0. The summed E-state index contributed by atoms with van der Waals surface area (Å²) in [5, 5.41) is 4.08. The van der Waals surface area contributed by atoms with Gasteiger partial charge >= 0.3 is 0 Å². The number of anilines is 2. The summed E-state index contributed by atoms with van der Waals surface area (Å²) in [6, 6.07) is 2.12. The third-order valence-electron chi connectivity index (χ3n) is 4.65. The first-order chi connectivity index (χ1) is 12.0. The Kier molecular flexibility index (Phi) is 4.87. The van der Waals surface area contributed by atoms with E-state index in [1.807, 2.05) is 44.1 Å². The minimum absolute atomic E-state index is 0.0254. The van der Waals surface area contributed by atoms with Gasteiger partial charge in [0.1, 0.15) is 5.82 Å². The zero-order chi connectivity index (χ0) is 18.0. The standard InChI is InChI=1S/C17H25N7O/c1-21(2)15-5-8-18-17(20-15)24-9-6-14(7-10-24)23(4)16(25)13-11-19-22(3)12-13/h5,8,11-12,14H,6-7,9-10H2,1-4H3. The fraction of sp³-hybridized carbons (Fsp3) is 0.529. The number of aromatic nitrogens is 4. The molecule has 1 aliphatic rings. The van der Waals surface area contributed by atoms with E-state index in [2.05, 4.69) is 20.0 Å². The van der Waals surface area contributed by atoms with Gasteiger partial charge in [-0.25, -0.2) is 4.98 Å². The molecule has 0 saturated carbocycles. The van der Waals surface area contributed by atoms with E-state index in [1.165, 1.54) is 0 Å². The van der Waals surface area contributed by atoms with Gasteiger partial charge in [0.05, 0.1) is 11.8 Å². The molecule has 25 heavy (non-hydrogen) atoms. The Morgan fingerprint density at radius 3 is 2.56 bits per heavy atom. The van der Waals surface area contributed by atoms with Crippen LogP contribution in [0.4, 0.5) is 11.8 Å². The van der Waals surface area contributed by atoms with Crippen LogP contribution in [0.3, 0.4) is 0 Å². The summed E-state index contributed by atoms with van der Waals surface area (Å²) in [4.78, 5) is 27.6. The normalized spacial score (nSPS) is 15.3. The summed E-state index contributed by atoms with van der Waals surface area (Å²) in [6.45, 7) is 1.68. The largest absolute Gasteiger partial charge is 0.363 e. The highest BCUT2D eigenvalue weighted by atomic mass is 16.2. The van der Waals surface area contributed by atoms with E-state index < -0.39 is 0 Å². The fourth-order valence-electron chi connectivity index (χ4n) is 3.09. The van der Waals surface area contributed by atoms with Crippen LogP contribution in [0.15, 0.2) is 24.7 Å². The molecule has 3 rings (SSSR count). The topological polar surface area (TPSA) is 70.4 Å². The third kappa shape index (κ3) is 3.72. The molecule has 0 aliphatic carbocycles. The molecule has 3 heterocycles. The van der Waals surface area contributed by atoms with E-state index in [9.17, 15) is 4.79 Å². The molecule has 8 heteroatoms. The molecule has 0 bridgehead atoms. The van der Waals surface area contributed by atoms with Crippen molar-refractivity contribution in [3.63, 3.8) is 0 Å². The van der Waals surface area contributed by atoms with E-state index in [0.717, 1.165) is 37.7 Å². The molecule has 0 spiro atoms. The first kappa shape index (κ1) is 17.2. The minimum atomic E-state index is 0.0254. The van der Waals surface area contributed by atoms with E-state index in [-0.39, 0.29) is 11.9 Å². The van der Waals surface area contributed by atoms with Crippen LogP contribution in [0.2, 0.25) is 0 Å². The summed E-state index contributed by atoms with van der Waals surface area (Å²) in [5.41, 5.74) is 0.634. The predicted molar refractivity (Wildman–Crippen MR) is 96.9 cm³/mol. The van der Waals surface area contributed by atoms with E-state index in [4.69, 9.17) is 0 Å². The van der Waals surface area contributed by atoms with Crippen LogP contribution in [0.25, 0.3) is 0 Å². The average Bonchev–Trinajstić information content (AvgIpc) is 3.07. The van der Waals surface area contributed by atoms with Crippen LogP contribution in [0.5, 0.6) is 0 Å². The molecule has 1 saturated heterocycles. The van der Waals surface area contributed by atoms with Crippen LogP contribution >= 0.6 is 0 Å². The molecule has 1 aliphatic heterocycles. The van der Waals surface area contributed by atoms with Crippen LogP contribution in [-0.2, 0) is 7.05 Å². The lowest BCUT2D eigenvalue weighted by atomic mass is 10.0. The van der Waals surface area contributed by atoms with E-state index in [0.29, 0.717) is 5.56 Å². The Morgan fingerprint density at radius 2 is 1.96 bits per heavy atom. The number of amides is 1. The molecule has 0 radical (unpaired) electrons. The Bertz CT molecular complexity index is 734. The summed E-state index contributed by atoms with van der Waals surface area (Å²) in [5.74, 6) is 1.68. The number of hydrogen-bond acceptors (Lipinski definition) is 6. The van der Waals surface area contributed by atoms with Gasteiger partial charge in [-0.3, -0.25) is 9.48 Å². The van der Waals surface area contributed by atoms with Crippen molar-refractivity contribution in [2.45, 2.75) is 18.9 Å². The molecule has 0 atom stereocenters. The smallest absolute Gasteiger partial charge is 0.257 e. The lowest BCUT2D eigenvalue weighted by Gasteiger charge is -2.36. The molecule has 8 nitrogen and oxygen atoms in total. The van der Waals surface area contributed by atoms with Gasteiger partial charge in [-0.15, -0.1) is 0 Å². The second-order valence-corrected chi connectivity index (χ2v) is 6.65. The second-order valence-electron chi connectivity index (χ2n) is 6.65. The van der Waals surface area contributed by atoms with Crippen molar-refractivity contribution in [2.24, 2.45) is 7.05 Å². The summed E-state index contributed by atoms with van der Waals surface area (Å²) in [7, 11) is 7.63. The lowest BCUT2D eigenvalue weighted by molar-refractivity contribution is 0.0709. The molecule has 0 aromatic carbocycles. The maximum absolute atomic E-state index is 12.6. The molecule has 2 aromatic rings. The first-order valence-corrected chi connectivity index (χ1v) is 8.47. The van der Waals surface area contributed by atoms with Crippen LogP contribution in [0, 0.1) is 0 Å². The summed E-state index contributed by atoms with van der Waals surface area (Å²) < 4.78 is 1.65. The van der Waals surface area contributed by atoms with E-state index in [1.54, 1.807) is 23.3 Å². The Hall–Kier alpha value is -2.64. The quantitative estimate of drug-likeness (QED) is 0.825. The van der Waals surface area contributed by atoms with Gasteiger partial charge in [0, 0.05) is 59.7 Å². The lowest BCUT2D eigenvalue weighted by Crippen LogP contribution is -2.46. The fourth-order valence-corrected chi connectivity index (χ4v) is 3.09. The predicted octanol–water partition coefficient (Wildman–Crippen LogP) is 1.02. The molecule has 1 amide bonds. The Balaban J connectivity index is 1.61. The van der Waals surface area contributed by atoms with Gasteiger partial charge in [0.15, 0.2) is 0 Å². The van der Waals surface area contributed by atoms with Gasteiger partial charge in [-0.05, 0) is 18.9 Å². The van der Waals surface area contributed by atoms with Crippen LogP contribution in [-0.4, -0.2) is 70.8 Å². The summed E-state index contributed by atoms with van der Waals surface area (Å²) in [6.07, 6.45) is 6.97. The van der Waals surface area contributed by atoms with Crippen molar-refractivity contribution in [1.29, 1.82) is 0 Å². The molecule has 0 unspecified atom stereocenters. The number of carbonyl (C=O) groups is 1. The highest BCUT2D eigenvalue weighted by molar-refractivity contribution is 5.93. The number of piperidine rings is 1. The zero-order valence-electron chi connectivity index (χ0n) is 15.3. The third-order valence-corrected chi connectivity index (χ3v) is 4.65. The maximum atomic E-state index is 12.6. The van der Waals surface area contributed by atoms with Crippen molar-refractivity contribution in [3.8, 4) is 0 Å². The SMILES string of the molecule is CN(C)c1ccnc(N2CCC(N(C)C(=O)c3cnn(C)c3)CC2)n1. The first-order valence-electron chi connectivity index (χ1n) is 8.47. The highest BCUT2D eigenvalue weighted by Crippen LogP contribution is 2.21. The number of rotatable bonds is 4. The Morgan fingerprint density at radius 1 is 1.24 bits per heavy atom. The molecule has 134 valence electrons. The Labute approximate surface area is 148 Å². The molecule has 2 aromatic heterocycles. The van der Waals surface area contributed by atoms with Crippen LogP contribution in [0.1, 0.15) is 23.2 Å². The molecular weight excluding hydrogens is 318 g/mol. The van der Waals surface area contributed by atoms with Gasteiger partial charge < -0.3 is 14.7 Å². The van der Waals surface area contributed by atoms with Crippen LogP contribution < -0.4 is 9.80 Å². The number of nitrogens with zero attached hydrogens (tertiary/aromatic N) is 7. The monoisotopic (exact) mass is 343 g/mol. The van der Waals surface area contributed by atoms with Gasteiger partial charge in [0.2, 0.25) is 5.95 Å². The van der Waals surface area contributed by atoms with Crippen molar-refractivity contribution in [1.82, 2.24) is 24.6 Å². The van der Waals surface area contributed by atoms with Gasteiger partial charge in [-0.1, -0.05) is 0 Å². The highest BCUT2D eigenvalue weighted by Gasteiger charge is 2.27. The minimum Gasteiger partial charge on any atom is -0.363 e. The summed E-state index contributed by atoms with van der Waals surface area (Å²) >= 11 is 0. The molecule has 1 fully saturated rings. The van der Waals surface area contributed by atoms with Crippen molar-refractivity contribution in [3.05, 3.63) is 30.2 Å². The van der Waals surface area contributed by atoms with E-state index >= 15 is 0 Å². The maximum Gasteiger partial charge on any atom is 0.257 e. The van der Waals surface area contributed by atoms with Crippen molar-refractivity contribution < 1.29 is 4.79 Å². The molecular formula is C17H25N7O.